The van der Waals surface area contributed by atoms with Gasteiger partial charge in [-0.3, -0.25) is 0 Å². The zero-order valence-corrected chi connectivity index (χ0v) is 16.0. The first-order valence-corrected chi connectivity index (χ1v) is 8.65. The predicted molar refractivity (Wildman–Crippen MR) is 98.8 cm³/mol. The molecule has 0 spiro atoms. The van der Waals surface area contributed by atoms with Gasteiger partial charge in [0.15, 0.2) is 0 Å². The fourth-order valence-corrected chi connectivity index (χ4v) is 2.69. The van der Waals surface area contributed by atoms with Crippen LogP contribution in [0.2, 0.25) is 0 Å². The zero-order valence-electron chi connectivity index (χ0n) is 15.2. The Morgan fingerprint density at radius 3 is 1.50 bits per heavy atom. The number of thioether (sulfide) groups is 1. The molecule has 0 bridgehead atoms. The van der Waals surface area contributed by atoms with Crippen LogP contribution in [0, 0.1) is 11.6 Å². The van der Waals surface area contributed by atoms with Gasteiger partial charge in [-0.2, -0.15) is 0 Å². The molecule has 0 amide bonds. The van der Waals surface area contributed by atoms with E-state index >= 15 is 0 Å². The van der Waals surface area contributed by atoms with Gasteiger partial charge in [-0.1, -0.05) is 20.8 Å². The largest absolute Gasteiger partial charge is 0.488 e. The second kappa shape index (κ2) is 8.52. The van der Waals surface area contributed by atoms with E-state index in [4.69, 9.17) is 4.74 Å². The molecule has 0 aliphatic rings. The van der Waals surface area contributed by atoms with Crippen LogP contribution in [-0.2, 0) is 0 Å². The Morgan fingerprint density at radius 2 is 1.12 bits per heavy atom. The van der Waals surface area contributed by atoms with Crippen LogP contribution in [0.25, 0.3) is 0 Å². The Kier molecular flexibility index (Phi) is 7.27. The van der Waals surface area contributed by atoms with Crippen LogP contribution in [-0.4, -0.2) is 10.3 Å². The summed E-state index contributed by atoms with van der Waals surface area (Å²) >= 11 is 1.74. The molecule has 0 fully saturated rings. The lowest BCUT2D eigenvalue weighted by Crippen LogP contribution is -2.22. The van der Waals surface area contributed by atoms with Crippen molar-refractivity contribution in [3.63, 3.8) is 0 Å². The van der Waals surface area contributed by atoms with E-state index in [0.717, 1.165) is 4.90 Å². The molecule has 0 aromatic heterocycles. The second-order valence-electron chi connectivity index (χ2n) is 7.34. The van der Waals surface area contributed by atoms with Gasteiger partial charge >= 0.3 is 0 Å². The molecule has 2 aromatic carbocycles. The van der Waals surface area contributed by atoms with Gasteiger partial charge in [0, 0.05) is 9.64 Å². The molecule has 2 rings (SSSR count). The minimum Gasteiger partial charge on any atom is -0.488 e. The van der Waals surface area contributed by atoms with Crippen molar-refractivity contribution in [2.75, 3.05) is 0 Å². The monoisotopic (exact) mass is 352 g/mol. The van der Waals surface area contributed by atoms with E-state index in [-0.39, 0.29) is 22.0 Å². The molecule has 0 N–H and O–H groups in total. The van der Waals surface area contributed by atoms with E-state index in [1.54, 1.807) is 23.9 Å². The van der Waals surface area contributed by atoms with Gasteiger partial charge in [0.05, 0.1) is 0 Å². The molecule has 0 atom stereocenters. The normalized spacial score (nSPS) is 11.5. The highest BCUT2D eigenvalue weighted by Crippen LogP contribution is 2.31. The molecular weight excluding hydrogens is 326 g/mol. The molecule has 0 aliphatic carbocycles. The third-order valence-corrected chi connectivity index (χ3v) is 3.60. The van der Waals surface area contributed by atoms with Gasteiger partial charge < -0.3 is 4.74 Å². The van der Waals surface area contributed by atoms with Crippen LogP contribution in [0.5, 0.6) is 5.75 Å². The molecule has 132 valence electrons. The third kappa shape index (κ3) is 9.56. The molecule has 0 unspecified atom stereocenters. The molecule has 0 radical (unpaired) electrons. The highest BCUT2D eigenvalue weighted by Gasteiger charge is 2.11. The first-order chi connectivity index (χ1) is 10.9. The standard InChI is InChI=1S/C10H13FO.C10H13FS/c2*1-10(2,3)12-9-6-4-8(11)5-7-9/h2*4-7H,1-3H3. The summed E-state index contributed by atoms with van der Waals surface area (Å²) in [6.07, 6.45) is 0. The smallest absolute Gasteiger partial charge is 0.123 e. The highest BCUT2D eigenvalue weighted by atomic mass is 32.2. The van der Waals surface area contributed by atoms with Crippen LogP contribution in [0.4, 0.5) is 8.78 Å². The molecule has 0 aliphatic heterocycles. The lowest BCUT2D eigenvalue weighted by molar-refractivity contribution is 0.131. The summed E-state index contributed by atoms with van der Waals surface area (Å²) in [5.41, 5.74) is -0.224. The number of halogens is 2. The Bertz CT molecular complexity index is 551. The van der Waals surface area contributed by atoms with Gasteiger partial charge in [-0.25, -0.2) is 8.78 Å². The van der Waals surface area contributed by atoms with Crippen LogP contribution in [0.3, 0.4) is 0 Å². The maximum absolute atomic E-state index is 12.5. The van der Waals surface area contributed by atoms with Crippen molar-refractivity contribution in [1.82, 2.24) is 0 Å². The Balaban J connectivity index is 0.000000240. The van der Waals surface area contributed by atoms with Gasteiger partial charge in [-0.05, 0) is 69.3 Å². The molecular formula is C20H26F2OS. The molecule has 24 heavy (non-hydrogen) atoms. The van der Waals surface area contributed by atoms with Crippen molar-refractivity contribution in [3.05, 3.63) is 60.2 Å². The average Bonchev–Trinajstić information content (AvgIpc) is 2.42. The van der Waals surface area contributed by atoms with Crippen LogP contribution in [0.1, 0.15) is 41.5 Å². The molecule has 2 aromatic rings. The average molecular weight is 352 g/mol. The van der Waals surface area contributed by atoms with Gasteiger partial charge in [0.1, 0.15) is 23.0 Å². The summed E-state index contributed by atoms with van der Waals surface area (Å²) in [4.78, 5) is 1.11. The topological polar surface area (TPSA) is 9.23 Å². The molecule has 0 saturated heterocycles. The van der Waals surface area contributed by atoms with E-state index < -0.39 is 0 Å². The van der Waals surface area contributed by atoms with E-state index in [2.05, 4.69) is 20.8 Å². The first-order valence-electron chi connectivity index (χ1n) is 7.84. The summed E-state index contributed by atoms with van der Waals surface area (Å²) in [6.45, 7) is 12.3. The van der Waals surface area contributed by atoms with Crippen molar-refractivity contribution in [1.29, 1.82) is 0 Å². The van der Waals surface area contributed by atoms with Crippen LogP contribution < -0.4 is 4.74 Å². The lowest BCUT2D eigenvalue weighted by Gasteiger charge is -2.20. The molecule has 0 saturated carbocycles. The van der Waals surface area contributed by atoms with E-state index in [1.165, 1.54) is 24.3 Å². The van der Waals surface area contributed by atoms with Gasteiger partial charge in [-0.15, -0.1) is 11.8 Å². The van der Waals surface area contributed by atoms with Crippen LogP contribution >= 0.6 is 11.8 Å². The van der Waals surface area contributed by atoms with E-state index in [1.807, 2.05) is 32.9 Å². The van der Waals surface area contributed by atoms with Crippen molar-refractivity contribution >= 4 is 11.8 Å². The SMILES string of the molecule is CC(C)(C)Oc1ccc(F)cc1.CC(C)(C)Sc1ccc(F)cc1. The number of rotatable bonds is 2. The third-order valence-electron chi connectivity index (χ3n) is 2.48. The number of benzene rings is 2. The number of hydrogen-bond donors (Lipinski definition) is 0. The van der Waals surface area contributed by atoms with Gasteiger partial charge in [0.25, 0.3) is 0 Å². The summed E-state index contributed by atoms with van der Waals surface area (Å²) in [7, 11) is 0. The highest BCUT2D eigenvalue weighted by molar-refractivity contribution is 8.00. The quantitative estimate of drug-likeness (QED) is 0.555. The lowest BCUT2D eigenvalue weighted by atomic mass is 10.2. The minimum atomic E-state index is -0.240. The van der Waals surface area contributed by atoms with Gasteiger partial charge in [0.2, 0.25) is 0 Å². The maximum Gasteiger partial charge on any atom is 0.123 e. The van der Waals surface area contributed by atoms with Crippen molar-refractivity contribution in [2.24, 2.45) is 0 Å². The number of ether oxygens (including phenoxy) is 1. The van der Waals surface area contributed by atoms with Crippen molar-refractivity contribution < 1.29 is 13.5 Å². The van der Waals surface area contributed by atoms with Crippen LogP contribution in [0.15, 0.2) is 53.4 Å². The maximum atomic E-state index is 12.5. The predicted octanol–water partition coefficient (Wildman–Crippen LogP) is 6.72. The molecule has 1 nitrogen and oxygen atoms in total. The summed E-state index contributed by atoms with van der Waals surface area (Å²) in [6, 6.07) is 12.6. The summed E-state index contributed by atoms with van der Waals surface area (Å²) in [5, 5.41) is 0. The Labute approximate surface area is 148 Å². The summed E-state index contributed by atoms with van der Waals surface area (Å²) < 4.78 is 30.7. The minimum absolute atomic E-state index is 0.173. The fourth-order valence-electron chi connectivity index (χ4n) is 1.71. The first kappa shape index (κ1) is 20.5. The van der Waals surface area contributed by atoms with E-state index in [9.17, 15) is 8.78 Å². The summed E-state index contributed by atoms with van der Waals surface area (Å²) in [5.74, 6) is 0.286. The van der Waals surface area contributed by atoms with Crippen molar-refractivity contribution in [2.45, 2.75) is 56.8 Å². The number of hydrogen-bond acceptors (Lipinski definition) is 2. The second-order valence-corrected chi connectivity index (χ2v) is 9.24. The molecule has 0 heterocycles. The van der Waals surface area contributed by atoms with Crippen molar-refractivity contribution in [3.8, 4) is 5.75 Å². The Morgan fingerprint density at radius 1 is 0.708 bits per heavy atom. The fraction of sp³-hybridized carbons (Fsp3) is 0.400. The van der Waals surface area contributed by atoms with E-state index in [0.29, 0.717) is 5.75 Å². The zero-order chi connectivity index (χ0) is 18.4. The molecule has 4 heteroatoms. The Hall–Kier alpha value is -1.55.